The lowest BCUT2D eigenvalue weighted by Gasteiger charge is -2.07. The summed E-state index contributed by atoms with van der Waals surface area (Å²) in [6.45, 7) is 3.61. The largest absolute Gasteiger partial charge is 0.444 e. The van der Waals surface area contributed by atoms with Crippen LogP contribution in [0.25, 0.3) is 0 Å². The molecule has 0 aliphatic carbocycles. The molecular formula is C14H13F3N2O2. The molecule has 0 atom stereocenters. The number of hydrogen-bond donors (Lipinski definition) is 1. The van der Waals surface area contributed by atoms with Crippen molar-refractivity contribution in [1.29, 1.82) is 0 Å². The van der Waals surface area contributed by atoms with E-state index in [1.807, 2.05) is 0 Å². The van der Waals surface area contributed by atoms with E-state index in [9.17, 15) is 18.0 Å². The van der Waals surface area contributed by atoms with Crippen LogP contribution < -0.4 is 5.32 Å². The number of carbonyl (C=O) groups excluding carboxylic acids is 1. The average Bonchev–Trinajstić information content (AvgIpc) is 2.74. The summed E-state index contributed by atoms with van der Waals surface area (Å²) in [6.07, 6.45) is -4.41. The van der Waals surface area contributed by atoms with Gasteiger partial charge in [-0.05, 0) is 38.1 Å². The van der Waals surface area contributed by atoms with Crippen LogP contribution in [0, 0.1) is 13.8 Å². The van der Waals surface area contributed by atoms with Crippen LogP contribution >= 0.6 is 0 Å². The molecular weight excluding hydrogens is 285 g/mol. The van der Waals surface area contributed by atoms with Gasteiger partial charge in [0.05, 0.1) is 17.8 Å². The van der Waals surface area contributed by atoms with Gasteiger partial charge in [-0.25, -0.2) is 4.98 Å². The first kappa shape index (κ1) is 15.1. The van der Waals surface area contributed by atoms with Gasteiger partial charge >= 0.3 is 6.18 Å². The van der Waals surface area contributed by atoms with Crippen LogP contribution in [0.1, 0.15) is 33.3 Å². The molecule has 1 heterocycles. The number of aromatic nitrogens is 1. The number of amides is 1. The van der Waals surface area contributed by atoms with Gasteiger partial charge in [0.2, 0.25) is 5.89 Å². The van der Waals surface area contributed by atoms with Crippen molar-refractivity contribution in [2.24, 2.45) is 0 Å². The number of carbonyl (C=O) groups is 1. The molecule has 1 amide bonds. The van der Waals surface area contributed by atoms with Crippen LogP contribution in [0.2, 0.25) is 0 Å². The third kappa shape index (κ3) is 3.62. The minimum absolute atomic E-state index is 0.0779. The fourth-order valence-electron chi connectivity index (χ4n) is 1.68. The summed E-state index contributed by atoms with van der Waals surface area (Å²) in [5.41, 5.74) is 0.0785. The van der Waals surface area contributed by atoms with Gasteiger partial charge in [0.25, 0.3) is 5.91 Å². The molecule has 1 aromatic heterocycles. The number of alkyl halides is 3. The van der Waals surface area contributed by atoms with Crippen molar-refractivity contribution in [2.75, 3.05) is 0 Å². The summed E-state index contributed by atoms with van der Waals surface area (Å²) < 4.78 is 42.5. The standard InChI is InChI=1S/C14H13F3N2O2/c1-8-9(2)21-12(19-8)7-18-13(20)10-3-5-11(6-4-10)14(15,16)17/h3-6H,7H2,1-2H3,(H,18,20). The van der Waals surface area contributed by atoms with Crippen molar-refractivity contribution >= 4 is 5.91 Å². The highest BCUT2D eigenvalue weighted by Gasteiger charge is 2.30. The summed E-state index contributed by atoms with van der Waals surface area (Å²) in [7, 11) is 0. The lowest BCUT2D eigenvalue weighted by molar-refractivity contribution is -0.137. The topological polar surface area (TPSA) is 55.1 Å². The third-order valence-corrected chi connectivity index (χ3v) is 2.95. The van der Waals surface area contributed by atoms with Gasteiger partial charge in [0, 0.05) is 5.56 Å². The molecule has 0 radical (unpaired) electrons. The predicted octanol–water partition coefficient (Wildman–Crippen LogP) is 3.24. The van der Waals surface area contributed by atoms with Crippen molar-refractivity contribution in [3.05, 3.63) is 52.7 Å². The van der Waals surface area contributed by atoms with Gasteiger partial charge in [0.1, 0.15) is 5.76 Å². The second-order valence-electron chi connectivity index (χ2n) is 4.51. The van der Waals surface area contributed by atoms with Crippen LogP contribution in [-0.2, 0) is 12.7 Å². The van der Waals surface area contributed by atoms with E-state index in [1.165, 1.54) is 0 Å². The number of oxazole rings is 1. The number of hydrogen-bond acceptors (Lipinski definition) is 3. The zero-order valence-electron chi connectivity index (χ0n) is 11.4. The van der Waals surface area contributed by atoms with Crippen LogP contribution in [0.15, 0.2) is 28.7 Å². The molecule has 2 rings (SSSR count). The van der Waals surface area contributed by atoms with Crippen molar-refractivity contribution in [3.8, 4) is 0 Å². The molecule has 21 heavy (non-hydrogen) atoms. The second kappa shape index (κ2) is 5.59. The number of halogens is 3. The molecule has 0 aliphatic rings. The fraction of sp³-hybridized carbons (Fsp3) is 0.286. The van der Waals surface area contributed by atoms with Gasteiger partial charge in [-0.1, -0.05) is 0 Å². The fourth-order valence-corrected chi connectivity index (χ4v) is 1.68. The molecule has 7 heteroatoms. The van der Waals surface area contributed by atoms with E-state index in [0.717, 1.165) is 30.0 Å². The van der Waals surface area contributed by atoms with Crippen molar-refractivity contribution in [2.45, 2.75) is 26.6 Å². The lowest BCUT2D eigenvalue weighted by Crippen LogP contribution is -2.23. The zero-order chi connectivity index (χ0) is 15.6. The Morgan fingerprint density at radius 1 is 1.24 bits per heavy atom. The van der Waals surface area contributed by atoms with Gasteiger partial charge in [0.15, 0.2) is 0 Å². The van der Waals surface area contributed by atoms with E-state index in [0.29, 0.717) is 11.7 Å². The Morgan fingerprint density at radius 3 is 2.33 bits per heavy atom. The van der Waals surface area contributed by atoms with Gasteiger partial charge in [-0.15, -0.1) is 0 Å². The quantitative estimate of drug-likeness (QED) is 0.946. The number of aryl methyl sites for hydroxylation is 2. The third-order valence-electron chi connectivity index (χ3n) is 2.95. The van der Waals surface area contributed by atoms with E-state index in [-0.39, 0.29) is 12.1 Å². The van der Waals surface area contributed by atoms with E-state index in [2.05, 4.69) is 10.3 Å². The summed E-state index contributed by atoms with van der Waals surface area (Å²) in [5, 5.41) is 2.54. The van der Waals surface area contributed by atoms with Crippen LogP contribution in [0.5, 0.6) is 0 Å². The molecule has 0 saturated heterocycles. The molecule has 1 N–H and O–H groups in total. The Kier molecular flexibility index (Phi) is 4.02. The average molecular weight is 298 g/mol. The molecule has 0 spiro atoms. The van der Waals surface area contributed by atoms with Crippen molar-refractivity contribution < 1.29 is 22.4 Å². The van der Waals surface area contributed by atoms with Gasteiger partial charge < -0.3 is 9.73 Å². The van der Waals surface area contributed by atoms with Crippen LogP contribution in [0.4, 0.5) is 13.2 Å². The van der Waals surface area contributed by atoms with Gasteiger partial charge in [-0.3, -0.25) is 4.79 Å². The summed E-state index contributed by atoms with van der Waals surface area (Å²) >= 11 is 0. The lowest BCUT2D eigenvalue weighted by atomic mass is 10.1. The van der Waals surface area contributed by atoms with E-state index < -0.39 is 17.6 Å². The van der Waals surface area contributed by atoms with Gasteiger partial charge in [-0.2, -0.15) is 13.2 Å². The van der Waals surface area contributed by atoms with Crippen LogP contribution in [0.3, 0.4) is 0 Å². The number of nitrogens with zero attached hydrogens (tertiary/aromatic N) is 1. The molecule has 4 nitrogen and oxygen atoms in total. The van der Waals surface area contributed by atoms with Crippen molar-refractivity contribution in [3.63, 3.8) is 0 Å². The van der Waals surface area contributed by atoms with E-state index in [4.69, 9.17) is 4.42 Å². The Morgan fingerprint density at radius 2 is 1.86 bits per heavy atom. The maximum Gasteiger partial charge on any atom is 0.416 e. The first-order chi connectivity index (χ1) is 9.77. The Bertz CT molecular complexity index is 626. The summed E-state index contributed by atoms with van der Waals surface area (Å²) in [4.78, 5) is 15.9. The number of benzene rings is 1. The monoisotopic (exact) mass is 298 g/mol. The normalized spacial score (nSPS) is 11.5. The minimum atomic E-state index is -4.41. The minimum Gasteiger partial charge on any atom is -0.444 e. The summed E-state index contributed by atoms with van der Waals surface area (Å²) in [6, 6.07) is 4.00. The SMILES string of the molecule is Cc1nc(CNC(=O)c2ccc(C(F)(F)F)cc2)oc1C. The Labute approximate surface area is 119 Å². The molecule has 0 bridgehead atoms. The first-order valence-electron chi connectivity index (χ1n) is 6.16. The highest BCUT2D eigenvalue weighted by atomic mass is 19.4. The first-order valence-corrected chi connectivity index (χ1v) is 6.16. The molecule has 0 unspecified atom stereocenters. The Balaban J connectivity index is 2.00. The second-order valence-corrected chi connectivity index (χ2v) is 4.51. The smallest absolute Gasteiger partial charge is 0.416 e. The predicted molar refractivity (Wildman–Crippen MR) is 68.6 cm³/mol. The van der Waals surface area contributed by atoms with Crippen molar-refractivity contribution in [1.82, 2.24) is 10.3 Å². The van der Waals surface area contributed by atoms with E-state index >= 15 is 0 Å². The number of rotatable bonds is 3. The van der Waals surface area contributed by atoms with Crippen LogP contribution in [-0.4, -0.2) is 10.9 Å². The molecule has 0 saturated carbocycles. The van der Waals surface area contributed by atoms with E-state index in [1.54, 1.807) is 13.8 Å². The highest BCUT2D eigenvalue weighted by molar-refractivity contribution is 5.94. The highest BCUT2D eigenvalue weighted by Crippen LogP contribution is 2.29. The summed E-state index contributed by atoms with van der Waals surface area (Å²) in [5.74, 6) is 0.524. The molecule has 0 aliphatic heterocycles. The molecule has 112 valence electrons. The maximum absolute atomic E-state index is 12.4. The zero-order valence-corrected chi connectivity index (χ0v) is 11.4. The molecule has 2 aromatic rings. The maximum atomic E-state index is 12.4. The number of nitrogens with one attached hydrogen (secondary N) is 1. The molecule has 0 fully saturated rings. The molecule has 1 aromatic carbocycles. The Hall–Kier alpha value is -2.31.